The molecule has 0 aliphatic heterocycles. The number of rotatable bonds is 7. The van der Waals surface area contributed by atoms with Crippen molar-refractivity contribution >= 4 is 11.8 Å². The van der Waals surface area contributed by atoms with Crippen LogP contribution >= 0.6 is 0 Å². The Labute approximate surface area is 146 Å². The second-order valence-electron chi connectivity index (χ2n) is 6.90. The predicted octanol–water partition coefficient (Wildman–Crippen LogP) is 3.31. The number of carbonyl (C=O) groups excluding carboxylic acids is 2. The van der Waals surface area contributed by atoms with Crippen LogP contribution in [-0.4, -0.2) is 24.9 Å². The topological polar surface area (TPSA) is 58.2 Å². The Bertz CT molecular complexity index is 575. The highest BCUT2D eigenvalue weighted by atomic mass is 19.4. The van der Waals surface area contributed by atoms with Crippen LogP contribution in [0.3, 0.4) is 0 Å². The lowest BCUT2D eigenvalue weighted by molar-refractivity contribution is -0.137. The number of carbonyl (C=O) groups is 2. The van der Waals surface area contributed by atoms with E-state index >= 15 is 0 Å². The fourth-order valence-corrected chi connectivity index (χ4v) is 2.01. The van der Waals surface area contributed by atoms with Crippen LogP contribution in [0.25, 0.3) is 0 Å². The highest BCUT2D eigenvalue weighted by Gasteiger charge is 2.29. The van der Waals surface area contributed by atoms with Crippen molar-refractivity contribution in [3.63, 3.8) is 0 Å². The van der Waals surface area contributed by atoms with Gasteiger partial charge >= 0.3 is 6.18 Å². The summed E-state index contributed by atoms with van der Waals surface area (Å²) < 4.78 is 37.4. The third-order valence-electron chi connectivity index (χ3n) is 3.56. The Kier molecular flexibility index (Phi) is 7.45. The van der Waals surface area contributed by atoms with Crippen LogP contribution in [0, 0.1) is 5.41 Å². The standard InChI is InChI=1S/C18H25F3N2O2/c1-17(2,3)16(25)23-11-4-5-15(24)22-12-10-13-6-8-14(9-7-13)18(19,20)21/h6-9H,4-5,10-12H2,1-3H3,(H,22,24)(H,23,25). The summed E-state index contributed by atoms with van der Waals surface area (Å²) in [5.74, 6) is -0.202. The summed E-state index contributed by atoms with van der Waals surface area (Å²) in [5.41, 5.74) is -0.410. The molecule has 25 heavy (non-hydrogen) atoms. The van der Waals surface area contributed by atoms with Crippen molar-refractivity contribution < 1.29 is 22.8 Å². The maximum atomic E-state index is 12.5. The minimum atomic E-state index is -4.34. The third kappa shape index (κ3) is 8.05. The first-order valence-corrected chi connectivity index (χ1v) is 8.21. The van der Waals surface area contributed by atoms with E-state index in [9.17, 15) is 22.8 Å². The molecule has 0 aromatic heterocycles. The first-order valence-electron chi connectivity index (χ1n) is 8.21. The molecule has 1 rings (SSSR count). The Morgan fingerprint density at radius 2 is 1.56 bits per heavy atom. The van der Waals surface area contributed by atoms with E-state index in [1.807, 2.05) is 20.8 Å². The monoisotopic (exact) mass is 358 g/mol. The maximum Gasteiger partial charge on any atom is 0.416 e. The van der Waals surface area contributed by atoms with Crippen molar-refractivity contribution in [2.45, 2.75) is 46.2 Å². The SMILES string of the molecule is CC(C)(C)C(=O)NCCCC(=O)NCCc1ccc(C(F)(F)F)cc1. The molecule has 0 atom stereocenters. The summed E-state index contributed by atoms with van der Waals surface area (Å²) in [7, 11) is 0. The van der Waals surface area contributed by atoms with Gasteiger partial charge in [-0.15, -0.1) is 0 Å². The van der Waals surface area contributed by atoms with Gasteiger partial charge in [0.05, 0.1) is 5.56 Å². The van der Waals surface area contributed by atoms with Crippen LogP contribution in [0.1, 0.15) is 44.7 Å². The molecule has 4 nitrogen and oxygen atoms in total. The quantitative estimate of drug-likeness (QED) is 0.735. The Morgan fingerprint density at radius 3 is 2.08 bits per heavy atom. The molecule has 1 aromatic rings. The van der Waals surface area contributed by atoms with E-state index < -0.39 is 17.2 Å². The van der Waals surface area contributed by atoms with E-state index in [0.29, 0.717) is 25.9 Å². The van der Waals surface area contributed by atoms with Crippen molar-refractivity contribution in [2.75, 3.05) is 13.1 Å². The van der Waals surface area contributed by atoms with E-state index in [2.05, 4.69) is 10.6 Å². The van der Waals surface area contributed by atoms with Crippen LogP contribution in [0.15, 0.2) is 24.3 Å². The van der Waals surface area contributed by atoms with Gasteiger partial charge in [0.25, 0.3) is 0 Å². The Balaban J connectivity index is 2.21. The lowest BCUT2D eigenvalue weighted by Crippen LogP contribution is -2.35. The number of alkyl halides is 3. The first kappa shape index (κ1) is 21.0. The number of benzene rings is 1. The molecule has 0 saturated heterocycles. The van der Waals surface area contributed by atoms with Gasteiger partial charge < -0.3 is 10.6 Å². The molecule has 2 amide bonds. The lowest BCUT2D eigenvalue weighted by Gasteiger charge is -2.17. The van der Waals surface area contributed by atoms with Gasteiger partial charge in [0.2, 0.25) is 11.8 Å². The van der Waals surface area contributed by atoms with Gasteiger partial charge in [-0.1, -0.05) is 32.9 Å². The number of halogens is 3. The molecule has 0 bridgehead atoms. The van der Waals surface area contributed by atoms with Gasteiger partial charge in [-0.05, 0) is 30.5 Å². The van der Waals surface area contributed by atoms with E-state index in [1.54, 1.807) is 0 Å². The van der Waals surface area contributed by atoms with Gasteiger partial charge in [-0.25, -0.2) is 0 Å². The summed E-state index contributed by atoms with van der Waals surface area (Å²) in [4.78, 5) is 23.3. The summed E-state index contributed by atoms with van der Waals surface area (Å²) in [6.07, 6.45) is -3.05. The largest absolute Gasteiger partial charge is 0.416 e. The number of hydrogen-bond acceptors (Lipinski definition) is 2. The summed E-state index contributed by atoms with van der Waals surface area (Å²) >= 11 is 0. The van der Waals surface area contributed by atoms with Crippen molar-refractivity contribution in [1.82, 2.24) is 10.6 Å². The van der Waals surface area contributed by atoms with Gasteiger partial charge in [0, 0.05) is 24.9 Å². The zero-order valence-electron chi connectivity index (χ0n) is 14.8. The van der Waals surface area contributed by atoms with Crippen LogP contribution in [0.4, 0.5) is 13.2 Å². The molecule has 0 aliphatic carbocycles. The van der Waals surface area contributed by atoms with Gasteiger partial charge in [-0.2, -0.15) is 13.2 Å². The number of nitrogens with one attached hydrogen (secondary N) is 2. The first-order chi connectivity index (χ1) is 11.5. The van der Waals surface area contributed by atoms with Crippen molar-refractivity contribution in [2.24, 2.45) is 5.41 Å². The molecule has 0 fully saturated rings. The smallest absolute Gasteiger partial charge is 0.356 e. The third-order valence-corrected chi connectivity index (χ3v) is 3.56. The van der Waals surface area contributed by atoms with Crippen molar-refractivity contribution in [1.29, 1.82) is 0 Å². The fourth-order valence-electron chi connectivity index (χ4n) is 2.01. The molecule has 0 unspecified atom stereocenters. The summed E-state index contributed by atoms with van der Waals surface area (Å²) in [5, 5.41) is 5.49. The molecule has 2 N–H and O–H groups in total. The molecule has 0 heterocycles. The van der Waals surface area contributed by atoms with E-state index in [4.69, 9.17) is 0 Å². The lowest BCUT2D eigenvalue weighted by atomic mass is 9.96. The highest BCUT2D eigenvalue weighted by Crippen LogP contribution is 2.29. The number of amides is 2. The zero-order chi connectivity index (χ0) is 19.1. The summed E-state index contributed by atoms with van der Waals surface area (Å²) in [6, 6.07) is 4.90. The predicted molar refractivity (Wildman–Crippen MR) is 89.9 cm³/mol. The molecule has 140 valence electrons. The second kappa shape index (κ2) is 8.87. The van der Waals surface area contributed by atoms with Gasteiger partial charge in [0.1, 0.15) is 0 Å². The van der Waals surface area contributed by atoms with Crippen LogP contribution < -0.4 is 10.6 Å². The van der Waals surface area contributed by atoms with E-state index in [-0.39, 0.29) is 18.2 Å². The molecule has 7 heteroatoms. The zero-order valence-corrected chi connectivity index (χ0v) is 14.8. The molecular weight excluding hydrogens is 333 g/mol. The van der Waals surface area contributed by atoms with E-state index in [1.165, 1.54) is 12.1 Å². The Hall–Kier alpha value is -2.05. The van der Waals surface area contributed by atoms with Crippen molar-refractivity contribution in [3.05, 3.63) is 35.4 Å². The maximum absolute atomic E-state index is 12.5. The average Bonchev–Trinajstić information content (AvgIpc) is 2.50. The molecule has 1 aromatic carbocycles. The van der Waals surface area contributed by atoms with E-state index in [0.717, 1.165) is 17.7 Å². The highest BCUT2D eigenvalue weighted by molar-refractivity contribution is 5.81. The molecular formula is C18H25F3N2O2. The molecule has 0 aliphatic rings. The average molecular weight is 358 g/mol. The van der Waals surface area contributed by atoms with Crippen molar-refractivity contribution in [3.8, 4) is 0 Å². The van der Waals surface area contributed by atoms with Crippen LogP contribution in [0.5, 0.6) is 0 Å². The molecule has 0 saturated carbocycles. The minimum Gasteiger partial charge on any atom is -0.356 e. The van der Waals surface area contributed by atoms with Gasteiger partial charge in [-0.3, -0.25) is 9.59 Å². The Morgan fingerprint density at radius 1 is 0.960 bits per heavy atom. The minimum absolute atomic E-state index is 0.0600. The van der Waals surface area contributed by atoms with Gasteiger partial charge in [0.15, 0.2) is 0 Å². The fraction of sp³-hybridized carbons (Fsp3) is 0.556. The number of hydrogen-bond donors (Lipinski definition) is 2. The molecule has 0 radical (unpaired) electrons. The van der Waals surface area contributed by atoms with Crippen LogP contribution in [0.2, 0.25) is 0 Å². The van der Waals surface area contributed by atoms with Crippen LogP contribution in [-0.2, 0) is 22.2 Å². The molecule has 0 spiro atoms. The second-order valence-corrected chi connectivity index (χ2v) is 6.90. The summed E-state index contributed by atoms with van der Waals surface area (Å²) in [6.45, 7) is 6.24. The normalized spacial score (nSPS) is 11.9.